The van der Waals surface area contributed by atoms with Gasteiger partial charge in [0.15, 0.2) is 0 Å². The number of benzene rings is 1. The molecule has 3 N–H and O–H groups in total. The molecule has 0 aromatic heterocycles. The van der Waals surface area contributed by atoms with Crippen LogP contribution in [0.5, 0.6) is 0 Å². The molecule has 0 amide bonds. The molecule has 0 aliphatic rings. The minimum Gasteiger partial charge on any atom is -0.398 e. The lowest BCUT2D eigenvalue weighted by atomic mass is 10.2. The first-order valence-electron chi connectivity index (χ1n) is 6.12. The summed E-state index contributed by atoms with van der Waals surface area (Å²) in [7, 11) is -3.59. The third-order valence-electron chi connectivity index (χ3n) is 2.66. The maximum Gasteiger partial charge on any atom is 0.241 e. The second-order valence-corrected chi connectivity index (χ2v) is 6.86. The minimum atomic E-state index is -3.59. The van der Waals surface area contributed by atoms with Crippen LogP contribution >= 0.6 is 15.9 Å². The van der Waals surface area contributed by atoms with Gasteiger partial charge in [-0.3, -0.25) is 0 Å². The topological polar surface area (TPSA) is 81.4 Å². The normalized spacial score (nSPS) is 11.5. The van der Waals surface area contributed by atoms with E-state index >= 15 is 0 Å². The largest absolute Gasteiger partial charge is 0.398 e. The van der Waals surface area contributed by atoms with Crippen molar-refractivity contribution in [2.75, 3.05) is 25.5 Å². The SMILES string of the molecule is C=CCCOCCNS(=O)(=O)c1cc(Br)cc(N)c1C. The highest BCUT2D eigenvalue weighted by Crippen LogP contribution is 2.25. The monoisotopic (exact) mass is 362 g/mol. The molecular weight excluding hydrogens is 344 g/mol. The first kappa shape index (κ1) is 17.2. The molecule has 0 aliphatic heterocycles. The van der Waals surface area contributed by atoms with E-state index in [0.717, 1.165) is 6.42 Å². The first-order chi connectivity index (χ1) is 9.38. The van der Waals surface area contributed by atoms with Crippen molar-refractivity contribution < 1.29 is 13.2 Å². The summed E-state index contributed by atoms with van der Waals surface area (Å²) in [6.45, 7) is 6.32. The molecule has 0 unspecified atom stereocenters. The van der Waals surface area contributed by atoms with Crippen LogP contribution in [0, 0.1) is 6.92 Å². The van der Waals surface area contributed by atoms with Gasteiger partial charge >= 0.3 is 0 Å². The summed E-state index contributed by atoms with van der Waals surface area (Å²) in [5.74, 6) is 0. The molecule has 5 nitrogen and oxygen atoms in total. The van der Waals surface area contributed by atoms with Crippen LogP contribution in [0.15, 0.2) is 34.2 Å². The second kappa shape index (κ2) is 7.78. The van der Waals surface area contributed by atoms with Crippen LogP contribution in [0.25, 0.3) is 0 Å². The maximum absolute atomic E-state index is 12.2. The predicted octanol–water partition coefficient (Wildman–Crippen LogP) is 2.21. The van der Waals surface area contributed by atoms with E-state index in [1.165, 1.54) is 6.07 Å². The molecule has 112 valence electrons. The zero-order chi connectivity index (χ0) is 15.2. The van der Waals surface area contributed by atoms with E-state index in [2.05, 4.69) is 27.2 Å². The van der Waals surface area contributed by atoms with Gasteiger partial charge < -0.3 is 10.5 Å². The van der Waals surface area contributed by atoms with Gasteiger partial charge in [0.25, 0.3) is 0 Å². The Morgan fingerprint density at radius 3 is 2.80 bits per heavy atom. The number of hydrogen-bond acceptors (Lipinski definition) is 4. The molecule has 0 aliphatic carbocycles. The van der Waals surface area contributed by atoms with E-state index < -0.39 is 10.0 Å². The van der Waals surface area contributed by atoms with Crippen molar-refractivity contribution in [2.24, 2.45) is 0 Å². The van der Waals surface area contributed by atoms with Crippen LogP contribution in [-0.2, 0) is 14.8 Å². The molecule has 0 spiro atoms. The summed E-state index contributed by atoms with van der Waals surface area (Å²) in [5.41, 5.74) is 6.74. The van der Waals surface area contributed by atoms with Crippen LogP contribution in [-0.4, -0.2) is 28.2 Å². The molecule has 20 heavy (non-hydrogen) atoms. The van der Waals surface area contributed by atoms with Gasteiger partial charge in [-0.25, -0.2) is 13.1 Å². The van der Waals surface area contributed by atoms with E-state index in [4.69, 9.17) is 10.5 Å². The molecule has 0 atom stereocenters. The number of hydrogen-bond donors (Lipinski definition) is 2. The van der Waals surface area contributed by atoms with E-state index in [1.54, 1.807) is 19.1 Å². The number of anilines is 1. The van der Waals surface area contributed by atoms with Gasteiger partial charge in [0, 0.05) is 16.7 Å². The smallest absolute Gasteiger partial charge is 0.241 e. The van der Waals surface area contributed by atoms with Crippen molar-refractivity contribution in [3.63, 3.8) is 0 Å². The fourth-order valence-corrected chi connectivity index (χ4v) is 3.49. The third kappa shape index (κ3) is 4.90. The Labute approximate surface area is 128 Å². The number of nitrogen functional groups attached to an aromatic ring is 1. The maximum atomic E-state index is 12.2. The number of ether oxygens (including phenoxy) is 1. The van der Waals surface area contributed by atoms with Crippen LogP contribution < -0.4 is 10.5 Å². The van der Waals surface area contributed by atoms with Gasteiger partial charge in [-0.1, -0.05) is 22.0 Å². The Kier molecular flexibility index (Phi) is 6.67. The average molecular weight is 363 g/mol. The summed E-state index contributed by atoms with van der Waals surface area (Å²) < 4.78 is 32.7. The van der Waals surface area contributed by atoms with E-state index in [9.17, 15) is 8.42 Å². The van der Waals surface area contributed by atoms with Gasteiger partial charge in [-0.2, -0.15) is 0 Å². The molecule has 0 saturated heterocycles. The van der Waals surface area contributed by atoms with Crippen molar-refractivity contribution in [1.29, 1.82) is 0 Å². The average Bonchev–Trinajstić information content (AvgIpc) is 2.37. The second-order valence-electron chi connectivity index (χ2n) is 4.21. The Balaban J connectivity index is 2.67. The van der Waals surface area contributed by atoms with Crippen LogP contribution in [0.2, 0.25) is 0 Å². The summed E-state index contributed by atoms with van der Waals surface area (Å²) in [6.07, 6.45) is 2.49. The molecule has 1 aromatic carbocycles. The van der Waals surface area contributed by atoms with Crippen LogP contribution in [0.3, 0.4) is 0 Å². The van der Waals surface area contributed by atoms with Crippen molar-refractivity contribution in [3.05, 3.63) is 34.8 Å². The first-order valence-corrected chi connectivity index (χ1v) is 8.40. The molecule has 1 rings (SSSR count). The molecular formula is C13H19BrN2O3S. The lowest BCUT2D eigenvalue weighted by Gasteiger charge is -2.11. The number of halogens is 1. The quantitative estimate of drug-likeness (QED) is 0.422. The molecule has 0 fully saturated rings. The molecule has 1 aromatic rings. The number of sulfonamides is 1. The molecule has 0 bridgehead atoms. The highest BCUT2D eigenvalue weighted by molar-refractivity contribution is 9.10. The predicted molar refractivity (Wildman–Crippen MR) is 84.1 cm³/mol. The van der Waals surface area contributed by atoms with Gasteiger partial charge in [0.1, 0.15) is 0 Å². The Bertz CT molecular complexity index is 573. The number of rotatable bonds is 8. The van der Waals surface area contributed by atoms with E-state index in [0.29, 0.717) is 28.9 Å². The zero-order valence-corrected chi connectivity index (χ0v) is 13.8. The summed E-state index contributed by atoms with van der Waals surface area (Å²) >= 11 is 3.24. The van der Waals surface area contributed by atoms with Crippen molar-refractivity contribution >= 4 is 31.6 Å². The Morgan fingerprint density at radius 1 is 1.45 bits per heavy atom. The van der Waals surface area contributed by atoms with Gasteiger partial charge in [-0.05, 0) is 31.0 Å². The van der Waals surface area contributed by atoms with Gasteiger partial charge in [0.2, 0.25) is 10.0 Å². The molecule has 0 saturated carbocycles. The number of nitrogens with two attached hydrogens (primary N) is 1. The van der Waals surface area contributed by atoms with Crippen molar-refractivity contribution in [1.82, 2.24) is 4.72 Å². The van der Waals surface area contributed by atoms with E-state index in [-0.39, 0.29) is 11.4 Å². The number of nitrogens with one attached hydrogen (secondary N) is 1. The minimum absolute atomic E-state index is 0.176. The molecule has 0 radical (unpaired) electrons. The van der Waals surface area contributed by atoms with Crippen molar-refractivity contribution in [3.8, 4) is 0 Å². The molecule has 7 heteroatoms. The van der Waals surface area contributed by atoms with Gasteiger partial charge in [0.05, 0.1) is 18.1 Å². The Hall–Kier alpha value is -0.890. The standard InChI is InChI=1S/C13H19BrN2O3S/c1-3-4-6-19-7-5-16-20(17,18)13-9-11(14)8-12(15)10(13)2/h3,8-9,16H,1,4-7,15H2,2H3. The van der Waals surface area contributed by atoms with Crippen LogP contribution in [0.1, 0.15) is 12.0 Å². The molecule has 0 heterocycles. The summed E-state index contributed by atoms with van der Waals surface area (Å²) in [6, 6.07) is 3.21. The fraction of sp³-hybridized carbons (Fsp3) is 0.385. The lowest BCUT2D eigenvalue weighted by Crippen LogP contribution is -2.28. The van der Waals surface area contributed by atoms with Crippen molar-refractivity contribution in [2.45, 2.75) is 18.2 Å². The summed E-state index contributed by atoms with van der Waals surface area (Å²) in [4.78, 5) is 0.176. The van der Waals surface area contributed by atoms with E-state index in [1.807, 2.05) is 0 Å². The Morgan fingerprint density at radius 2 is 2.15 bits per heavy atom. The zero-order valence-electron chi connectivity index (χ0n) is 11.4. The highest BCUT2D eigenvalue weighted by Gasteiger charge is 2.18. The lowest BCUT2D eigenvalue weighted by molar-refractivity contribution is 0.144. The highest BCUT2D eigenvalue weighted by atomic mass is 79.9. The van der Waals surface area contributed by atoms with Gasteiger partial charge in [-0.15, -0.1) is 6.58 Å². The fourth-order valence-electron chi connectivity index (χ4n) is 1.55. The summed E-state index contributed by atoms with van der Waals surface area (Å²) in [5, 5.41) is 0. The van der Waals surface area contributed by atoms with Crippen LogP contribution in [0.4, 0.5) is 5.69 Å². The third-order valence-corrected chi connectivity index (χ3v) is 4.70.